The maximum Gasteiger partial charge on any atom is 0.254 e. The van der Waals surface area contributed by atoms with Crippen molar-refractivity contribution in [2.24, 2.45) is 0 Å². The third kappa shape index (κ3) is 3.87. The lowest BCUT2D eigenvalue weighted by atomic mass is 10.3. The molecule has 0 atom stereocenters. The Balaban J connectivity index is 1.55. The number of carbonyl (C=O) groups is 1. The first kappa shape index (κ1) is 15.5. The van der Waals surface area contributed by atoms with Gasteiger partial charge >= 0.3 is 0 Å². The molecule has 0 aromatic carbocycles. The molecule has 1 amide bonds. The van der Waals surface area contributed by atoms with Crippen LogP contribution in [0.15, 0.2) is 35.2 Å². The number of piperazine rings is 1. The van der Waals surface area contributed by atoms with Crippen molar-refractivity contribution in [3.8, 4) is 0 Å². The zero-order chi connectivity index (χ0) is 16.1. The molecule has 0 aliphatic carbocycles. The maximum atomic E-state index is 12.1. The molecule has 0 unspecified atom stereocenters. The molecule has 0 saturated carbocycles. The highest BCUT2D eigenvalue weighted by Crippen LogP contribution is 2.11. The highest BCUT2D eigenvalue weighted by Gasteiger charge is 2.18. The summed E-state index contributed by atoms with van der Waals surface area (Å²) in [7, 11) is 0. The standard InChI is InChI=1S/C16H21N5O2/c1-2-20-5-7-21(8-6-20)16-18-10-13(11-19-16)15(22)17-12-14-4-3-9-23-14/h3-4,9-11H,2,5-8,12H2,1H3,(H,17,22). The number of aromatic nitrogens is 2. The largest absolute Gasteiger partial charge is 0.467 e. The van der Waals surface area contributed by atoms with Crippen LogP contribution in [0.2, 0.25) is 0 Å². The summed E-state index contributed by atoms with van der Waals surface area (Å²) >= 11 is 0. The Hall–Kier alpha value is -2.41. The molecule has 2 aromatic rings. The second-order valence-corrected chi connectivity index (χ2v) is 5.46. The predicted octanol–water partition coefficient (Wildman–Crippen LogP) is 1.14. The Morgan fingerprint density at radius 1 is 1.26 bits per heavy atom. The first-order valence-electron chi connectivity index (χ1n) is 7.86. The van der Waals surface area contributed by atoms with Gasteiger partial charge in [0.25, 0.3) is 5.91 Å². The van der Waals surface area contributed by atoms with Crippen molar-refractivity contribution in [3.63, 3.8) is 0 Å². The van der Waals surface area contributed by atoms with E-state index in [1.807, 2.05) is 6.07 Å². The number of furan rings is 1. The number of nitrogens with zero attached hydrogens (tertiary/aromatic N) is 4. The summed E-state index contributed by atoms with van der Waals surface area (Å²) in [6.45, 7) is 7.46. The fourth-order valence-corrected chi connectivity index (χ4v) is 2.55. The zero-order valence-corrected chi connectivity index (χ0v) is 13.2. The van der Waals surface area contributed by atoms with E-state index in [0.29, 0.717) is 23.8 Å². The summed E-state index contributed by atoms with van der Waals surface area (Å²) in [5.41, 5.74) is 0.451. The van der Waals surface area contributed by atoms with Crippen LogP contribution in [0, 0.1) is 0 Å². The molecule has 2 aromatic heterocycles. The Labute approximate surface area is 135 Å². The normalized spacial score (nSPS) is 15.6. The minimum Gasteiger partial charge on any atom is -0.467 e. The van der Waals surface area contributed by atoms with Crippen LogP contribution in [-0.4, -0.2) is 53.5 Å². The average Bonchev–Trinajstić information content (AvgIpc) is 3.13. The van der Waals surface area contributed by atoms with Gasteiger partial charge in [-0.3, -0.25) is 4.79 Å². The lowest BCUT2D eigenvalue weighted by Gasteiger charge is -2.33. The first-order valence-corrected chi connectivity index (χ1v) is 7.86. The summed E-state index contributed by atoms with van der Waals surface area (Å²) in [5.74, 6) is 1.19. The molecule has 0 bridgehead atoms. The lowest BCUT2D eigenvalue weighted by molar-refractivity contribution is 0.0947. The van der Waals surface area contributed by atoms with Crippen LogP contribution in [0.3, 0.4) is 0 Å². The molecule has 23 heavy (non-hydrogen) atoms. The van der Waals surface area contributed by atoms with Crippen LogP contribution in [-0.2, 0) is 6.54 Å². The van der Waals surface area contributed by atoms with Crippen LogP contribution in [0.4, 0.5) is 5.95 Å². The number of anilines is 1. The monoisotopic (exact) mass is 315 g/mol. The van der Waals surface area contributed by atoms with Crippen LogP contribution in [0.25, 0.3) is 0 Å². The predicted molar refractivity (Wildman–Crippen MR) is 86.2 cm³/mol. The lowest BCUT2D eigenvalue weighted by Crippen LogP contribution is -2.46. The zero-order valence-electron chi connectivity index (χ0n) is 13.2. The summed E-state index contributed by atoms with van der Waals surface area (Å²) in [4.78, 5) is 25.3. The third-order valence-corrected chi connectivity index (χ3v) is 4.01. The van der Waals surface area contributed by atoms with E-state index in [2.05, 4.69) is 32.0 Å². The molecule has 1 saturated heterocycles. The van der Waals surface area contributed by atoms with Crippen molar-refractivity contribution in [1.82, 2.24) is 20.2 Å². The van der Waals surface area contributed by atoms with Gasteiger partial charge in [0, 0.05) is 38.6 Å². The van der Waals surface area contributed by atoms with E-state index in [1.165, 1.54) is 0 Å². The van der Waals surface area contributed by atoms with Crippen molar-refractivity contribution in [2.75, 3.05) is 37.6 Å². The Kier molecular flexibility index (Phi) is 4.87. The van der Waals surface area contributed by atoms with E-state index in [4.69, 9.17) is 4.42 Å². The molecule has 0 spiro atoms. The molecule has 3 rings (SSSR count). The van der Waals surface area contributed by atoms with Crippen molar-refractivity contribution < 1.29 is 9.21 Å². The summed E-state index contributed by atoms with van der Waals surface area (Å²) < 4.78 is 5.18. The summed E-state index contributed by atoms with van der Waals surface area (Å²) in [6.07, 6.45) is 4.73. The van der Waals surface area contributed by atoms with Gasteiger partial charge in [0.15, 0.2) is 0 Å². The molecular formula is C16H21N5O2. The van der Waals surface area contributed by atoms with Crippen molar-refractivity contribution in [2.45, 2.75) is 13.5 Å². The molecule has 3 heterocycles. The number of rotatable bonds is 5. The summed E-state index contributed by atoms with van der Waals surface area (Å²) in [6, 6.07) is 3.60. The third-order valence-electron chi connectivity index (χ3n) is 4.01. The van der Waals surface area contributed by atoms with Gasteiger partial charge in [0.2, 0.25) is 5.95 Å². The molecule has 1 fully saturated rings. The van der Waals surface area contributed by atoms with Crippen molar-refractivity contribution in [3.05, 3.63) is 42.1 Å². The van der Waals surface area contributed by atoms with Gasteiger partial charge in [-0.2, -0.15) is 0 Å². The fourth-order valence-electron chi connectivity index (χ4n) is 2.55. The quantitative estimate of drug-likeness (QED) is 0.892. The highest BCUT2D eigenvalue weighted by atomic mass is 16.3. The van der Waals surface area contributed by atoms with Gasteiger partial charge < -0.3 is 19.5 Å². The van der Waals surface area contributed by atoms with Gasteiger partial charge in [-0.05, 0) is 18.7 Å². The summed E-state index contributed by atoms with van der Waals surface area (Å²) in [5, 5.41) is 2.78. The number of amides is 1. The van der Waals surface area contributed by atoms with Gasteiger partial charge in [0.1, 0.15) is 5.76 Å². The molecule has 0 radical (unpaired) electrons. The van der Waals surface area contributed by atoms with Crippen molar-refractivity contribution >= 4 is 11.9 Å². The number of hydrogen-bond acceptors (Lipinski definition) is 6. The molecule has 1 aliphatic heterocycles. The minimum atomic E-state index is -0.205. The average molecular weight is 315 g/mol. The molecule has 1 aliphatic rings. The second kappa shape index (κ2) is 7.23. The van der Waals surface area contributed by atoms with E-state index in [0.717, 1.165) is 32.7 Å². The number of carbonyl (C=O) groups excluding carboxylic acids is 1. The molecule has 7 heteroatoms. The molecule has 122 valence electrons. The minimum absolute atomic E-state index is 0.205. The maximum absolute atomic E-state index is 12.1. The second-order valence-electron chi connectivity index (χ2n) is 5.46. The van der Waals surface area contributed by atoms with Crippen molar-refractivity contribution in [1.29, 1.82) is 0 Å². The van der Waals surface area contributed by atoms with Crippen LogP contribution in [0.1, 0.15) is 23.0 Å². The SMILES string of the molecule is CCN1CCN(c2ncc(C(=O)NCc3ccco3)cn2)CC1. The first-order chi connectivity index (χ1) is 11.3. The van der Waals surface area contributed by atoms with E-state index in [-0.39, 0.29) is 5.91 Å². The molecule has 1 N–H and O–H groups in total. The highest BCUT2D eigenvalue weighted by molar-refractivity contribution is 5.93. The number of hydrogen-bond donors (Lipinski definition) is 1. The van der Waals surface area contributed by atoms with E-state index in [1.54, 1.807) is 24.7 Å². The van der Waals surface area contributed by atoms with E-state index < -0.39 is 0 Å². The number of nitrogens with one attached hydrogen (secondary N) is 1. The molecular weight excluding hydrogens is 294 g/mol. The topological polar surface area (TPSA) is 74.5 Å². The van der Waals surface area contributed by atoms with E-state index >= 15 is 0 Å². The van der Waals surface area contributed by atoms with Crippen LogP contribution in [0.5, 0.6) is 0 Å². The van der Waals surface area contributed by atoms with Gasteiger partial charge in [-0.25, -0.2) is 9.97 Å². The van der Waals surface area contributed by atoms with Crippen LogP contribution < -0.4 is 10.2 Å². The Morgan fingerprint density at radius 3 is 2.61 bits per heavy atom. The van der Waals surface area contributed by atoms with Crippen LogP contribution >= 0.6 is 0 Å². The molecule has 7 nitrogen and oxygen atoms in total. The fraction of sp³-hybridized carbons (Fsp3) is 0.438. The Morgan fingerprint density at radius 2 is 2.00 bits per heavy atom. The number of likely N-dealkylation sites (N-methyl/N-ethyl adjacent to an activating group) is 1. The van der Waals surface area contributed by atoms with E-state index in [9.17, 15) is 4.79 Å². The smallest absolute Gasteiger partial charge is 0.254 e. The van der Waals surface area contributed by atoms with Gasteiger partial charge in [-0.15, -0.1) is 0 Å². The van der Waals surface area contributed by atoms with Gasteiger partial charge in [-0.1, -0.05) is 6.92 Å². The Bertz CT molecular complexity index is 618. The van der Waals surface area contributed by atoms with Gasteiger partial charge in [0.05, 0.1) is 18.4 Å².